The third-order valence-electron chi connectivity index (χ3n) is 4.13. The zero-order valence-corrected chi connectivity index (χ0v) is 13.3. The minimum atomic E-state index is -1.10. The van der Waals surface area contributed by atoms with Crippen LogP contribution in [0.4, 0.5) is 5.69 Å². The van der Waals surface area contributed by atoms with Gasteiger partial charge in [-0.05, 0) is 18.2 Å². The van der Waals surface area contributed by atoms with Crippen LogP contribution in [0.5, 0.6) is 11.6 Å². The largest absolute Gasteiger partial charge is 0.507 e. The van der Waals surface area contributed by atoms with E-state index in [0.717, 1.165) is 5.39 Å². The molecule has 0 aliphatic carbocycles. The molecule has 0 bridgehead atoms. The summed E-state index contributed by atoms with van der Waals surface area (Å²) in [5.41, 5.74) is 1.33. The number of nitrogens with zero attached hydrogens (tertiary/aromatic N) is 2. The van der Waals surface area contributed by atoms with Crippen molar-refractivity contribution in [3.05, 3.63) is 59.8 Å². The van der Waals surface area contributed by atoms with Crippen LogP contribution < -0.4 is 0 Å². The molecule has 26 heavy (non-hydrogen) atoms. The standard InChI is InChI=1S/C19H13N3O4/c23-16-6-5-15(11-3-1-2-4-12(11)16)20-9-14-13-7-10(19(25)26)8-21-17(13)22-18(14)24/h1-9,23-24H,(H,21,22)(H,25,26). The van der Waals surface area contributed by atoms with Crippen molar-refractivity contribution in [3.8, 4) is 11.6 Å². The van der Waals surface area contributed by atoms with Crippen LogP contribution in [0.25, 0.3) is 21.8 Å². The molecule has 2 aromatic carbocycles. The van der Waals surface area contributed by atoms with Crippen molar-refractivity contribution < 1.29 is 20.1 Å². The number of fused-ring (bicyclic) bond motifs is 2. The Hall–Kier alpha value is -3.87. The number of carboxylic acid groups (broad SMARTS) is 1. The van der Waals surface area contributed by atoms with E-state index in [-0.39, 0.29) is 17.2 Å². The van der Waals surface area contributed by atoms with Crippen LogP contribution in [0, 0.1) is 0 Å². The van der Waals surface area contributed by atoms with Crippen LogP contribution in [-0.4, -0.2) is 37.5 Å². The van der Waals surface area contributed by atoms with Gasteiger partial charge < -0.3 is 20.3 Å². The Morgan fingerprint density at radius 3 is 2.62 bits per heavy atom. The van der Waals surface area contributed by atoms with Gasteiger partial charge in [-0.3, -0.25) is 4.99 Å². The predicted molar refractivity (Wildman–Crippen MR) is 97.6 cm³/mol. The first-order valence-corrected chi connectivity index (χ1v) is 7.73. The van der Waals surface area contributed by atoms with Gasteiger partial charge in [0.2, 0.25) is 0 Å². The predicted octanol–water partition coefficient (Wildman–Crippen LogP) is 3.58. The number of carbonyl (C=O) groups is 1. The number of nitrogens with one attached hydrogen (secondary N) is 1. The number of aromatic hydroxyl groups is 2. The summed E-state index contributed by atoms with van der Waals surface area (Å²) in [6.07, 6.45) is 2.66. The Balaban J connectivity index is 1.85. The molecule has 0 aliphatic rings. The van der Waals surface area contributed by atoms with Gasteiger partial charge in [0.05, 0.1) is 16.8 Å². The molecule has 4 aromatic rings. The van der Waals surface area contributed by atoms with Crippen LogP contribution in [0.1, 0.15) is 15.9 Å². The number of phenolic OH excluding ortho intramolecular Hbond substituents is 1. The number of aromatic carboxylic acids is 1. The number of aliphatic imine (C=N–C) groups is 1. The van der Waals surface area contributed by atoms with Gasteiger partial charge in [-0.2, -0.15) is 0 Å². The summed E-state index contributed by atoms with van der Waals surface area (Å²) in [4.78, 5) is 22.3. The minimum Gasteiger partial charge on any atom is -0.507 e. The van der Waals surface area contributed by atoms with Gasteiger partial charge in [0.25, 0.3) is 0 Å². The van der Waals surface area contributed by atoms with Crippen molar-refractivity contribution in [3.63, 3.8) is 0 Å². The van der Waals surface area contributed by atoms with Crippen molar-refractivity contribution in [2.45, 2.75) is 0 Å². The average Bonchev–Trinajstić information content (AvgIpc) is 2.96. The number of pyridine rings is 1. The number of hydrogen-bond acceptors (Lipinski definition) is 5. The molecule has 128 valence electrons. The van der Waals surface area contributed by atoms with Crippen LogP contribution in [0.15, 0.2) is 53.7 Å². The molecule has 0 spiro atoms. The van der Waals surface area contributed by atoms with Gasteiger partial charge in [0, 0.05) is 28.6 Å². The van der Waals surface area contributed by atoms with E-state index in [1.54, 1.807) is 18.2 Å². The maximum atomic E-state index is 11.2. The van der Waals surface area contributed by atoms with Crippen LogP contribution in [0.3, 0.4) is 0 Å². The van der Waals surface area contributed by atoms with Gasteiger partial charge in [-0.25, -0.2) is 9.78 Å². The third kappa shape index (κ3) is 2.51. The molecule has 0 unspecified atom stereocenters. The molecule has 0 radical (unpaired) electrons. The molecular formula is C19H13N3O4. The summed E-state index contributed by atoms with van der Waals surface area (Å²) in [6.45, 7) is 0. The first kappa shape index (κ1) is 15.6. The van der Waals surface area contributed by atoms with Crippen molar-refractivity contribution in [2.24, 2.45) is 4.99 Å². The van der Waals surface area contributed by atoms with Crippen molar-refractivity contribution in [1.29, 1.82) is 0 Å². The quantitative estimate of drug-likeness (QED) is 0.422. The van der Waals surface area contributed by atoms with Crippen LogP contribution in [0.2, 0.25) is 0 Å². The molecule has 2 heterocycles. The summed E-state index contributed by atoms with van der Waals surface area (Å²) in [5, 5.41) is 31.1. The Morgan fingerprint density at radius 1 is 1.08 bits per heavy atom. The van der Waals surface area contributed by atoms with E-state index < -0.39 is 5.97 Å². The average molecular weight is 347 g/mol. The van der Waals surface area contributed by atoms with E-state index in [4.69, 9.17) is 5.11 Å². The van der Waals surface area contributed by atoms with Gasteiger partial charge in [-0.1, -0.05) is 24.3 Å². The summed E-state index contributed by atoms with van der Waals surface area (Å²) in [7, 11) is 0. The van der Waals surface area contributed by atoms with E-state index >= 15 is 0 Å². The topological polar surface area (TPSA) is 119 Å². The molecule has 0 saturated carbocycles. The highest BCUT2D eigenvalue weighted by molar-refractivity contribution is 6.05. The summed E-state index contributed by atoms with van der Waals surface area (Å²) in [5.74, 6) is -1.10. The molecule has 2 aromatic heterocycles. The lowest BCUT2D eigenvalue weighted by Gasteiger charge is -2.04. The molecule has 7 heteroatoms. The Bertz CT molecular complexity index is 1190. The molecule has 0 fully saturated rings. The van der Waals surface area contributed by atoms with Gasteiger partial charge in [0.15, 0.2) is 5.88 Å². The highest BCUT2D eigenvalue weighted by atomic mass is 16.4. The number of carboxylic acids is 1. The molecular weight excluding hydrogens is 334 g/mol. The summed E-state index contributed by atoms with van der Waals surface area (Å²) >= 11 is 0. The fourth-order valence-corrected chi connectivity index (χ4v) is 2.84. The van der Waals surface area contributed by atoms with E-state index in [0.29, 0.717) is 27.7 Å². The number of rotatable bonds is 3. The SMILES string of the molecule is O=C(O)c1cnc2[nH]c(O)c(C=Nc3ccc(O)c4ccccc34)c2c1. The lowest BCUT2D eigenvalue weighted by Crippen LogP contribution is -1.96. The Labute approximate surface area is 146 Å². The zero-order valence-electron chi connectivity index (χ0n) is 13.3. The fraction of sp³-hybridized carbons (Fsp3) is 0. The number of phenols is 1. The van der Waals surface area contributed by atoms with Crippen molar-refractivity contribution in [2.75, 3.05) is 0 Å². The van der Waals surface area contributed by atoms with Crippen molar-refractivity contribution in [1.82, 2.24) is 9.97 Å². The Kier molecular flexibility index (Phi) is 3.54. The Morgan fingerprint density at radius 2 is 1.85 bits per heavy atom. The lowest BCUT2D eigenvalue weighted by atomic mass is 10.1. The zero-order chi connectivity index (χ0) is 18.3. The van der Waals surface area contributed by atoms with Crippen LogP contribution in [-0.2, 0) is 0 Å². The molecule has 7 nitrogen and oxygen atoms in total. The van der Waals surface area contributed by atoms with Gasteiger partial charge in [-0.15, -0.1) is 0 Å². The minimum absolute atomic E-state index is 0.0150. The second-order valence-corrected chi connectivity index (χ2v) is 5.72. The van der Waals surface area contributed by atoms with Crippen LogP contribution >= 0.6 is 0 Å². The molecule has 4 N–H and O–H groups in total. The maximum Gasteiger partial charge on any atom is 0.337 e. The number of H-pyrrole nitrogens is 1. The molecule has 0 atom stereocenters. The van der Waals surface area contributed by atoms with Gasteiger partial charge >= 0.3 is 5.97 Å². The van der Waals surface area contributed by atoms with E-state index in [9.17, 15) is 15.0 Å². The number of benzene rings is 2. The molecule has 4 rings (SSSR count). The summed E-state index contributed by atoms with van der Waals surface area (Å²) < 4.78 is 0. The normalized spacial score (nSPS) is 11.5. The number of hydrogen-bond donors (Lipinski definition) is 4. The summed E-state index contributed by atoms with van der Waals surface area (Å²) in [6, 6.07) is 11.9. The highest BCUT2D eigenvalue weighted by Gasteiger charge is 2.13. The first-order valence-electron chi connectivity index (χ1n) is 7.73. The second kappa shape index (κ2) is 5.89. The van der Waals surface area contributed by atoms with Gasteiger partial charge in [0.1, 0.15) is 11.4 Å². The fourth-order valence-electron chi connectivity index (χ4n) is 2.84. The van der Waals surface area contributed by atoms with Crippen molar-refractivity contribution >= 4 is 39.7 Å². The van der Waals surface area contributed by atoms with E-state index in [1.807, 2.05) is 18.2 Å². The highest BCUT2D eigenvalue weighted by Crippen LogP contribution is 2.33. The molecule has 0 saturated heterocycles. The van der Waals surface area contributed by atoms with E-state index in [1.165, 1.54) is 18.5 Å². The number of aromatic nitrogens is 2. The molecule has 0 aliphatic heterocycles. The molecule has 0 amide bonds. The monoisotopic (exact) mass is 347 g/mol. The third-order valence-corrected chi connectivity index (χ3v) is 4.13. The second-order valence-electron chi connectivity index (χ2n) is 5.72. The maximum absolute atomic E-state index is 11.2. The van der Waals surface area contributed by atoms with E-state index in [2.05, 4.69) is 15.0 Å². The lowest BCUT2D eigenvalue weighted by molar-refractivity contribution is 0.0696. The first-order chi connectivity index (χ1) is 12.5. The number of aromatic amines is 1. The smallest absolute Gasteiger partial charge is 0.337 e.